The summed E-state index contributed by atoms with van der Waals surface area (Å²) in [7, 11) is -4.78. The van der Waals surface area contributed by atoms with E-state index in [4.69, 9.17) is 25.0 Å². The molecule has 15 heteroatoms. The van der Waals surface area contributed by atoms with Crippen molar-refractivity contribution in [2.24, 2.45) is 5.73 Å². The zero-order valence-corrected chi connectivity index (χ0v) is 21.9. The first kappa shape index (κ1) is 29.9. The van der Waals surface area contributed by atoms with Crippen molar-refractivity contribution in [2.75, 3.05) is 19.8 Å². The number of hydrogen-bond acceptors (Lipinski definition) is 8. The molecule has 208 valence electrons. The zero-order valence-electron chi connectivity index (χ0n) is 20.2. The van der Waals surface area contributed by atoms with Crippen LogP contribution in [-0.4, -0.2) is 39.8 Å². The summed E-state index contributed by atoms with van der Waals surface area (Å²) in [6.07, 6.45) is -2.97. The van der Waals surface area contributed by atoms with Crippen LogP contribution in [0.15, 0.2) is 42.5 Å². The molecule has 4 N–H and O–H groups in total. The summed E-state index contributed by atoms with van der Waals surface area (Å²) >= 11 is 0.876. The lowest BCUT2D eigenvalue weighted by atomic mass is 10.1. The largest absolute Gasteiger partial charge is 0.493 e. The summed E-state index contributed by atoms with van der Waals surface area (Å²) in [4.78, 5) is 17.8. The molecule has 38 heavy (non-hydrogen) atoms. The van der Waals surface area contributed by atoms with E-state index in [2.05, 4.69) is 14.7 Å². The SMILES string of the molecule is C[C@](N)(COP(=O)(O)O)c1nnc(-c2ccc(OCCCCCOc3cccc(F)c3)c(C(F)(F)F)c2)s1. The maximum Gasteiger partial charge on any atom is 0.469 e. The minimum atomic E-state index is -4.78. The second kappa shape index (κ2) is 12.5. The molecule has 1 heterocycles. The number of benzene rings is 2. The van der Waals surface area contributed by atoms with Crippen LogP contribution in [0.4, 0.5) is 17.6 Å². The lowest BCUT2D eigenvalue weighted by Gasteiger charge is -2.21. The molecule has 9 nitrogen and oxygen atoms in total. The molecule has 0 saturated carbocycles. The van der Waals surface area contributed by atoms with Gasteiger partial charge >= 0.3 is 14.0 Å². The highest BCUT2D eigenvalue weighted by Crippen LogP contribution is 2.41. The maximum atomic E-state index is 13.7. The van der Waals surface area contributed by atoms with Crippen molar-refractivity contribution in [3.63, 3.8) is 0 Å². The third-order valence-corrected chi connectivity index (χ3v) is 6.81. The first-order valence-corrected chi connectivity index (χ1v) is 13.6. The van der Waals surface area contributed by atoms with Crippen molar-refractivity contribution >= 4 is 19.2 Å². The Morgan fingerprint density at radius 2 is 1.74 bits per heavy atom. The van der Waals surface area contributed by atoms with Gasteiger partial charge in [0.15, 0.2) is 0 Å². The fraction of sp³-hybridized carbons (Fsp3) is 0.391. The van der Waals surface area contributed by atoms with Gasteiger partial charge in [-0.1, -0.05) is 17.4 Å². The molecule has 0 unspecified atom stereocenters. The molecule has 0 saturated heterocycles. The van der Waals surface area contributed by atoms with E-state index in [1.807, 2.05) is 0 Å². The van der Waals surface area contributed by atoms with Gasteiger partial charge in [0.1, 0.15) is 27.3 Å². The highest BCUT2D eigenvalue weighted by molar-refractivity contribution is 7.46. The lowest BCUT2D eigenvalue weighted by Crippen LogP contribution is -2.37. The molecule has 0 spiro atoms. The Morgan fingerprint density at radius 1 is 1.03 bits per heavy atom. The molecule has 0 aliphatic heterocycles. The van der Waals surface area contributed by atoms with Gasteiger partial charge in [-0.3, -0.25) is 4.52 Å². The van der Waals surface area contributed by atoms with E-state index in [1.165, 1.54) is 37.3 Å². The Balaban J connectivity index is 1.58. The van der Waals surface area contributed by atoms with Crippen LogP contribution in [-0.2, 0) is 20.8 Å². The molecule has 0 aliphatic carbocycles. The number of ether oxygens (including phenoxy) is 2. The summed E-state index contributed by atoms with van der Waals surface area (Å²) in [6, 6.07) is 9.24. The Hall–Kier alpha value is -2.61. The highest BCUT2D eigenvalue weighted by Gasteiger charge is 2.35. The number of phosphoric ester groups is 1. The van der Waals surface area contributed by atoms with Crippen LogP contribution in [0.2, 0.25) is 0 Å². The normalized spacial score (nSPS) is 13.8. The third kappa shape index (κ3) is 9.00. The van der Waals surface area contributed by atoms with E-state index < -0.39 is 37.5 Å². The van der Waals surface area contributed by atoms with E-state index in [0.717, 1.165) is 17.4 Å². The van der Waals surface area contributed by atoms with E-state index >= 15 is 0 Å². The first-order chi connectivity index (χ1) is 17.7. The second-order valence-electron chi connectivity index (χ2n) is 8.52. The number of alkyl halides is 3. The van der Waals surface area contributed by atoms with Crippen LogP contribution >= 0.6 is 19.2 Å². The van der Waals surface area contributed by atoms with Gasteiger partial charge in [-0.2, -0.15) is 13.2 Å². The summed E-state index contributed by atoms with van der Waals surface area (Å²) in [5, 5.41) is 7.99. The molecule has 3 rings (SSSR count). The van der Waals surface area contributed by atoms with Crippen molar-refractivity contribution in [3.05, 3.63) is 58.9 Å². The van der Waals surface area contributed by atoms with Crippen LogP contribution in [0.3, 0.4) is 0 Å². The Morgan fingerprint density at radius 3 is 2.39 bits per heavy atom. The standard InChI is InChI=1S/C23H26F4N3O6PS/c1-22(28,14-36-37(31,32)33)21-30-29-20(38-21)15-8-9-19(18(12-15)23(25,26)27)35-11-4-2-3-10-34-17-7-5-6-16(24)13-17/h5-9,12-13H,2-4,10-11,14,28H2,1H3,(H2,31,32,33)/t22-/m0/s1. The number of nitrogens with two attached hydrogens (primary N) is 1. The molecule has 1 aromatic heterocycles. The molecule has 0 radical (unpaired) electrons. The molecule has 1 atom stereocenters. The average molecular weight is 580 g/mol. The summed E-state index contributed by atoms with van der Waals surface area (Å²) in [5.74, 6) is -0.329. The fourth-order valence-electron chi connectivity index (χ4n) is 3.17. The van der Waals surface area contributed by atoms with Crippen molar-refractivity contribution in [1.29, 1.82) is 0 Å². The summed E-state index contributed by atoms with van der Waals surface area (Å²) < 4.78 is 80.6. The summed E-state index contributed by atoms with van der Waals surface area (Å²) in [5.41, 5.74) is 3.71. The van der Waals surface area contributed by atoms with Crippen molar-refractivity contribution in [1.82, 2.24) is 10.2 Å². The first-order valence-electron chi connectivity index (χ1n) is 11.3. The van der Waals surface area contributed by atoms with Gasteiger partial charge in [0.2, 0.25) is 0 Å². The number of unbranched alkanes of at least 4 members (excludes halogenated alkanes) is 2. The molecular formula is C23H26F4N3O6PS. The minimum absolute atomic E-state index is 0.0520. The number of hydrogen-bond donors (Lipinski definition) is 3. The van der Waals surface area contributed by atoms with Crippen LogP contribution in [0.25, 0.3) is 10.6 Å². The van der Waals surface area contributed by atoms with Crippen molar-refractivity contribution in [3.8, 4) is 22.1 Å². The molecule has 0 bridgehead atoms. The maximum absolute atomic E-state index is 13.7. The quantitative estimate of drug-likeness (QED) is 0.140. The molecule has 2 aromatic carbocycles. The predicted octanol–water partition coefficient (Wildman–Crippen LogP) is 5.27. The van der Waals surface area contributed by atoms with E-state index in [9.17, 15) is 22.1 Å². The monoisotopic (exact) mass is 579 g/mol. The highest BCUT2D eigenvalue weighted by atomic mass is 32.1. The van der Waals surface area contributed by atoms with Gasteiger partial charge < -0.3 is 25.0 Å². The smallest absolute Gasteiger partial charge is 0.469 e. The lowest BCUT2D eigenvalue weighted by molar-refractivity contribution is -0.138. The van der Waals surface area contributed by atoms with Gasteiger partial charge in [-0.05, 0) is 56.5 Å². The Bertz CT molecular complexity index is 1270. The minimum Gasteiger partial charge on any atom is -0.493 e. The van der Waals surface area contributed by atoms with Crippen LogP contribution in [0.5, 0.6) is 11.5 Å². The van der Waals surface area contributed by atoms with Crippen LogP contribution in [0, 0.1) is 5.82 Å². The van der Waals surface area contributed by atoms with Gasteiger partial charge in [-0.15, -0.1) is 10.2 Å². The number of rotatable bonds is 13. The van der Waals surface area contributed by atoms with Gasteiger partial charge in [0, 0.05) is 11.6 Å². The fourth-order valence-corrected chi connectivity index (χ4v) is 4.49. The number of nitrogens with zero attached hydrogens (tertiary/aromatic N) is 2. The Labute approximate surface area is 219 Å². The Kier molecular flexibility index (Phi) is 9.85. The average Bonchev–Trinajstić information content (AvgIpc) is 3.33. The molecule has 0 fully saturated rings. The van der Waals surface area contributed by atoms with Crippen molar-refractivity contribution in [2.45, 2.75) is 37.9 Å². The van der Waals surface area contributed by atoms with Crippen molar-refractivity contribution < 1.29 is 45.9 Å². The molecule has 0 amide bonds. The number of aromatic nitrogens is 2. The number of halogens is 4. The number of phosphoric acid groups is 1. The van der Waals surface area contributed by atoms with E-state index in [-0.39, 0.29) is 27.9 Å². The summed E-state index contributed by atoms with van der Waals surface area (Å²) in [6.45, 7) is 1.21. The topological polar surface area (TPSA) is 137 Å². The molecule has 0 aliphatic rings. The molecule has 3 aromatic rings. The van der Waals surface area contributed by atoms with Gasteiger partial charge in [0.25, 0.3) is 0 Å². The van der Waals surface area contributed by atoms with E-state index in [1.54, 1.807) is 6.07 Å². The van der Waals surface area contributed by atoms with E-state index in [0.29, 0.717) is 31.6 Å². The van der Waals surface area contributed by atoms with Crippen LogP contribution in [0.1, 0.15) is 36.8 Å². The van der Waals surface area contributed by atoms with Gasteiger partial charge in [-0.25, -0.2) is 8.96 Å². The predicted molar refractivity (Wildman–Crippen MR) is 131 cm³/mol. The molecular weight excluding hydrogens is 553 g/mol. The zero-order chi connectivity index (χ0) is 28.0. The third-order valence-electron chi connectivity index (χ3n) is 5.09. The second-order valence-corrected chi connectivity index (χ2v) is 10.7. The van der Waals surface area contributed by atoms with Gasteiger partial charge in [0.05, 0.1) is 30.9 Å². The van der Waals surface area contributed by atoms with Crippen LogP contribution < -0.4 is 15.2 Å².